The number of anilines is 2. The van der Waals surface area contributed by atoms with Crippen molar-refractivity contribution in [2.75, 3.05) is 25.0 Å². The van der Waals surface area contributed by atoms with Gasteiger partial charge in [-0.25, -0.2) is 14.4 Å². The molecule has 2 aromatic heterocycles. The lowest BCUT2D eigenvalue weighted by molar-refractivity contribution is 0.291. The van der Waals surface area contributed by atoms with E-state index in [1.54, 1.807) is 18.5 Å². The molecule has 0 saturated carbocycles. The highest BCUT2D eigenvalue weighted by atomic mass is 35.5. The van der Waals surface area contributed by atoms with Crippen molar-refractivity contribution < 1.29 is 9.13 Å². The van der Waals surface area contributed by atoms with Crippen LogP contribution in [0.4, 0.5) is 15.9 Å². The molecule has 0 amide bonds. The fourth-order valence-corrected chi connectivity index (χ4v) is 7.00. The number of rotatable bonds is 8. The summed E-state index contributed by atoms with van der Waals surface area (Å²) in [5, 5.41) is 5.12. The fourth-order valence-electron chi connectivity index (χ4n) is 5.47. The number of halogens is 2. The zero-order valence-electron chi connectivity index (χ0n) is 20.7. The van der Waals surface area contributed by atoms with Gasteiger partial charge < -0.3 is 15.0 Å². The summed E-state index contributed by atoms with van der Waals surface area (Å²) in [6, 6.07) is 11.9. The van der Waals surface area contributed by atoms with Crippen molar-refractivity contribution in [1.82, 2.24) is 14.9 Å². The molecule has 4 aromatic rings. The van der Waals surface area contributed by atoms with E-state index >= 15 is 0 Å². The second kappa shape index (κ2) is 10.9. The molecule has 1 aliphatic heterocycles. The maximum atomic E-state index is 13.1. The van der Waals surface area contributed by atoms with Crippen LogP contribution >= 0.6 is 22.9 Å². The van der Waals surface area contributed by atoms with Crippen LogP contribution in [-0.4, -0.2) is 34.5 Å². The molecular weight excluding hydrogens is 507 g/mol. The van der Waals surface area contributed by atoms with Crippen molar-refractivity contribution in [3.05, 3.63) is 75.6 Å². The van der Waals surface area contributed by atoms with Gasteiger partial charge in [0.25, 0.3) is 0 Å². The molecule has 2 aliphatic rings. The van der Waals surface area contributed by atoms with Crippen molar-refractivity contribution in [1.29, 1.82) is 0 Å². The summed E-state index contributed by atoms with van der Waals surface area (Å²) in [7, 11) is 0. The first kappa shape index (κ1) is 24.6. The van der Waals surface area contributed by atoms with Gasteiger partial charge in [-0.05, 0) is 106 Å². The molecule has 5 nitrogen and oxygen atoms in total. The fraction of sp³-hybridized carbons (Fsp3) is 0.379. The maximum Gasteiger partial charge on any atom is 0.142 e. The molecular formula is C29H30ClFN4OS. The number of aryl methyl sites for hydroxylation is 1. The van der Waals surface area contributed by atoms with Crippen molar-refractivity contribution >= 4 is 44.7 Å². The van der Waals surface area contributed by atoms with E-state index in [2.05, 4.69) is 20.2 Å². The second-order valence-corrected chi connectivity index (χ2v) is 11.5. The predicted molar refractivity (Wildman–Crippen MR) is 149 cm³/mol. The first-order valence-corrected chi connectivity index (χ1v) is 14.2. The molecule has 1 N–H and O–H groups in total. The predicted octanol–water partition coefficient (Wildman–Crippen LogP) is 7.40. The van der Waals surface area contributed by atoms with Crippen LogP contribution in [0.15, 0.2) is 48.8 Å². The zero-order chi connectivity index (χ0) is 25.2. The lowest BCUT2D eigenvalue weighted by Gasteiger charge is -2.24. The van der Waals surface area contributed by atoms with Gasteiger partial charge >= 0.3 is 0 Å². The number of hydrogen-bond acceptors (Lipinski definition) is 6. The Morgan fingerprint density at radius 2 is 1.95 bits per heavy atom. The van der Waals surface area contributed by atoms with Crippen LogP contribution < -0.4 is 10.1 Å². The first-order valence-electron chi connectivity index (χ1n) is 13.0. The molecule has 1 unspecified atom stereocenters. The van der Waals surface area contributed by atoms with Crippen LogP contribution in [-0.2, 0) is 19.4 Å². The topological polar surface area (TPSA) is 50.3 Å². The Morgan fingerprint density at radius 1 is 1.11 bits per heavy atom. The molecule has 37 heavy (non-hydrogen) atoms. The monoisotopic (exact) mass is 536 g/mol. The van der Waals surface area contributed by atoms with E-state index in [9.17, 15) is 4.39 Å². The number of fused-ring (bicyclic) bond motifs is 3. The van der Waals surface area contributed by atoms with Crippen LogP contribution in [0.2, 0.25) is 5.02 Å². The number of hydrogen-bond donors (Lipinski definition) is 1. The van der Waals surface area contributed by atoms with Gasteiger partial charge in [0.1, 0.15) is 35.1 Å². The molecule has 0 spiro atoms. The van der Waals surface area contributed by atoms with E-state index in [-0.39, 0.29) is 5.82 Å². The average Bonchev–Trinajstić information content (AvgIpc) is 3.56. The molecule has 0 bridgehead atoms. The van der Waals surface area contributed by atoms with E-state index in [0.717, 1.165) is 46.0 Å². The lowest BCUT2D eigenvalue weighted by Crippen LogP contribution is -2.24. The van der Waals surface area contributed by atoms with Crippen LogP contribution in [0.5, 0.6) is 5.75 Å². The summed E-state index contributed by atoms with van der Waals surface area (Å²) in [4.78, 5) is 14.3. The number of benzene rings is 2. The summed E-state index contributed by atoms with van der Waals surface area (Å²) in [6.07, 6.45) is 9.10. The molecule has 1 fully saturated rings. The molecule has 8 heteroatoms. The van der Waals surface area contributed by atoms with Crippen molar-refractivity contribution in [2.45, 2.75) is 45.1 Å². The van der Waals surface area contributed by atoms with E-state index < -0.39 is 0 Å². The molecule has 1 saturated heterocycles. The summed E-state index contributed by atoms with van der Waals surface area (Å²) in [6.45, 7) is 4.11. The van der Waals surface area contributed by atoms with Gasteiger partial charge in [0.05, 0.1) is 10.4 Å². The SMILES string of the molecule is Fc1ccc(COc2ccc(Nc3ncnc4sc5c(c34)CCC(CCN3CCCC3)C5)cc2Cl)cc1. The van der Waals surface area contributed by atoms with Gasteiger partial charge in [0.15, 0.2) is 0 Å². The Kier molecular flexibility index (Phi) is 7.27. The number of likely N-dealkylation sites (tertiary alicyclic amines) is 1. The van der Waals surface area contributed by atoms with Gasteiger partial charge in [-0.15, -0.1) is 11.3 Å². The minimum Gasteiger partial charge on any atom is -0.487 e. The summed E-state index contributed by atoms with van der Waals surface area (Å²) in [5.41, 5.74) is 3.13. The highest BCUT2D eigenvalue weighted by Gasteiger charge is 2.26. The second-order valence-electron chi connectivity index (χ2n) is 10.0. The molecule has 2 aromatic carbocycles. The number of aromatic nitrogens is 2. The van der Waals surface area contributed by atoms with E-state index in [4.69, 9.17) is 16.3 Å². The van der Waals surface area contributed by atoms with Gasteiger partial charge in [0, 0.05) is 10.6 Å². The summed E-state index contributed by atoms with van der Waals surface area (Å²) < 4.78 is 19.0. The quantitative estimate of drug-likeness (QED) is 0.254. The number of nitrogens with zero attached hydrogens (tertiary/aromatic N) is 3. The zero-order valence-corrected chi connectivity index (χ0v) is 22.3. The molecule has 0 radical (unpaired) electrons. The van der Waals surface area contributed by atoms with Gasteiger partial charge in [-0.1, -0.05) is 23.7 Å². The molecule has 6 rings (SSSR count). The Labute approximate surface area is 225 Å². The standard InChI is InChI=1S/C29H30ClFN4OS/c30-24-16-22(8-10-25(24)36-17-20-3-6-21(31)7-4-20)34-28-27-23-9-5-19(11-14-35-12-1-2-13-35)15-26(23)37-29(27)33-18-32-28/h3-4,6-8,10,16,18-19H,1-2,5,9,11-15,17H2,(H,32,33,34). The average molecular weight is 537 g/mol. The smallest absolute Gasteiger partial charge is 0.142 e. The van der Waals surface area contributed by atoms with Crippen molar-refractivity contribution in [3.63, 3.8) is 0 Å². The molecule has 3 heterocycles. The highest BCUT2D eigenvalue weighted by Crippen LogP contribution is 2.41. The van der Waals surface area contributed by atoms with E-state index in [1.807, 2.05) is 29.5 Å². The van der Waals surface area contributed by atoms with Crippen molar-refractivity contribution in [3.8, 4) is 5.75 Å². The Morgan fingerprint density at radius 3 is 2.76 bits per heavy atom. The lowest BCUT2D eigenvalue weighted by atomic mass is 9.85. The van der Waals surface area contributed by atoms with Gasteiger partial charge in [0.2, 0.25) is 0 Å². The van der Waals surface area contributed by atoms with Gasteiger partial charge in [-0.3, -0.25) is 0 Å². The molecule has 1 aliphatic carbocycles. The Balaban J connectivity index is 1.15. The minimum atomic E-state index is -0.264. The third kappa shape index (κ3) is 5.59. The van der Waals surface area contributed by atoms with E-state index in [1.165, 1.54) is 67.9 Å². The largest absolute Gasteiger partial charge is 0.487 e. The molecule has 1 atom stereocenters. The number of nitrogens with one attached hydrogen (secondary N) is 1. The van der Waals surface area contributed by atoms with Crippen LogP contribution in [0.1, 0.15) is 41.7 Å². The minimum absolute atomic E-state index is 0.264. The molecule has 192 valence electrons. The summed E-state index contributed by atoms with van der Waals surface area (Å²) in [5.74, 6) is 1.90. The third-order valence-electron chi connectivity index (χ3n) is 7.50. The Bertz CT molecular complexity index is 1390. The highest BCUT2D eigenvalue weighted by molar-refractivity contribution is 7.19. The van der Waals surface area contributed by atoms with E-state index in [0.29, 0.717) is 17.4 Å². The van der Waals surface area contributed by atoms with Gasteiger partial charge in [-0.2, -0.15) is 0 Å². The summed E-state index contributed by atoms with van der Waals surface area (Å²) >= 11 is 8.36. The van der Waals surface area contributed by atoms with Crippen molar-refractivity contribution in [2.24, 2.45) is 5.92 Å². The number of ether oxygens (including phenoxy) is 1. The first-order chi connectivity index (χ1) is 18.1. The normalized spacial score (nSPS) is 17.7. The number of thiophene rings is 1. The van der Waals surface area contributed by atoms with Crippen LogP contribution in [0, 0.1) is 11.7 Å². The third-order valence-corrected chi connectivity index (χ3v) is 8.96. The van der Waals surface area contributed by atoms with Crippen LogP contribution in [0.25, 0.3) is 10.2 Å². The maximum absolute atomic E-state index is 13.1. The Hall–Kier alpha value is -2.74. The van der Waals surface area contributed by atoms with Crippen LogP contribution in [0.3, 0.4) is 0 Å².